The highest BCUT2D eigenvalue weighted by atomic mass is 35.5. The predicted octanol–water partition coefficient (Wildman–Crippen LogP) is 3.93. The Hall–Kier alpha value is -1.47. The number of halogens is 1. The van der Waals surface area contributed by atoms with Crippen molar-refractivity contribution in [3.05, 3.63) is 59.6 Å². The first-order valence-electron chi connectivity index (χ1n) is 4.24. The Kier molecular flexibility index (Phi) is 2.70. The SMILES string of the molecule is Clc1ccc(Oc2cc[c]cc2)cc1. The van der Waals surface area contributed by atoms with Gasteiger partial charge in [0.15, 0.2) is 0 Å². The number of hydrogen-bond acceptors (Lipinski definition) is 1. The standard InChI is InChI=1S/C12H8ClO/c13-10-6-8-12(9-7-10)14-11-4-2-1-3-5-11/h2-9H. The minimum atomic E-state index is 0.707. The fourth-order valence-corrected chi connectivity index (χ4v) is 1.20. The molecule has 0 saturated carbocycles. The van der Waals surface area contributed by atoms with Crippen molar-refractivity contribution in [3.63, 3.8) is 0 Å². The van der Waals surface area contributed by atoms with E-state index in [9.17, 15) is 0 Å². The van der Waals surface area contributed by atoms with Crippen molar-refractivity contribution >= 4 is 11.6 Å². The molecule has 0 amide bonds. The van der Waals surface area contributed by atoms with E-state index in [4.69, 9.17) is 16.3 Å². The van der Waals surface area contributed by atoms with E-state index >= 15 is 0 Å². The van der Waals surface area contributed by atoms with Crippen molar-refractivity contribution in [1.29, 1.82) is 0 Å². The van der Waals surface area contributed by atoms with Crippen LogP contribution in [0.25, 0.3) is 0 Å². The fraction of sp³-hybridized carbons (Fsp3) is 0. The summed E-state index contributed by atoms with van der Waals surface area (Å²) in [5.41, 5.74) is 0. The van der Waals surface area contributed by atoms with Crippen LogP contribution in [0.15, 0.2) is 48.5 Å². The molecule has 2 aromatic carbocycles. The molecule has 0 fully saturated rings. The van der Waals surface area contributed by atoms with Crippen molar-refractivity contribution in [3.8, 4) is 11.5 Å². The molecule has 2 heteroatoms. The maximum Gasteiger partial charge on any atom is 0.127 e. The molecule has 1 nitrogen and oxygen atoms in total. The van der Waals surface area contributed by atoms with Gasteiger partial charge in [0.1, 0.15) is 11.5 Å². The van der Waals surface area contributed by atoms with Gasteiger partial charge in [-0.3, -0.25) is 0 Å². The van der Waals surface area contributed by atoms with Crippen molar-refractivity contribution in [2.24, 2.45) is 0 Å². The van der Waals surface area contributed by atoms with Crippen LogP contribution in [-0.2, 0) is 0 Å². The zero-order chi connectivity index (χ0) is 9.80. The molecule has 0 spiro atoms. The molecule has 69 valence electrons. The number of ether oxygens (including phenoxy) is 1. The van der Waals surface area contributed by atoms with Crippen LogP contribution in [0.3, 0.4) is 0 Å². The van der Waals surface area contributed by atoms with Crippen LogP contribution in [0, 0.1) is 6.07 Å². The Bertz CT molecular complexity index is 394. The van der Waals surface area contributed by atoms with Crippen molar-refractivity contribution in [1.82, 2.24) is 0 Å². The molecule has 0 N–H and O–H groups in total. The van der Waals surface area contributed by atoms with Crippen LogP contribution in [-0.4, -0.2) is 0 Å². The molecule has 0 bridgehead atoms. The highest BCUT2D eigenvalue weighted by Gasteiger charge is 1.95. The molecule has 0 aliphatic carbocycles. The van der Waals surface area contributed by atoms with Crippen LogP contribution < -0.4 is 4.74 Å². The molecule has 2 aromatic rings. The molecular weight excluding hydrogens is 196 g/mol. The van der Waals surface area contributed by atoms with Crippen LogP contribution in [0.1, 0.15) is 0 Å². The lowest BCUT2D eigenvalue weighted by molar-refractivity contribution is 0.482. The van der Waals surface area contributed by atoms with Gasteiger partial charge >= 0.3 is 0 Å². The smallest absolute Gasteiger partial charge is 0.127 e. The molecule has 0 unspecified atom stereocenters. The van der Waals surface area contributed by atoms with E-state index in [1.807, 2.05) is 36.4 Å². The summed E-state index contributed by atoms with van der Waals surface area (Å²) in [7, 11) is 0. The first-order valence-corrected chi connectivity index (χ1v) is 4.62. The van der Waals surface area contributed by atoms with Crippen LogP contribution in [0.2, 0.25) is 5.02 Å². The Morgan fingerprint density at radius 3 is 2.07 bits per heavy atom. The zero-order valence-electron chi connectivity index (χ0n) is 7.41. The number of benzene rings is 2. The lowest BCUT2D eigenvalue weighted by Gasteiger charge is -2.04. The van der Waals surface area contributed by atoms with Crippen molar-refractivity contribution in [2.45, 2.75) is 0 Å². The Balaban J connectivity index is 2.16. The van der Waals surface area contributed by atoms with E-state index in [0.717, 1.165) is 11.5 Å². The maximum absolute atomic E-state index is 5.75. The summed E-state index contributed by atoms with van der Waals surface area (Å²) in [5.74, 6) is 1.58. The molecule has 2 rings (SSSR count). The molecule has 0 saturated heterocycles. The predicted molar refractivity (Wildman–Crippen MR) is 56.8 cm³/mol. The van der Waals surface area contributed by atoms with E-state index in [1.165, 1.54) is 0 Å². The summed E-state index contributed by atoms with van der Waals surface area (Å²) in [4.78, 5) is 0. The van der Waals surface area contributed by atoms with Gasteiger partial charge in [-0.15, -0.1) is 0 Å². The third-order valence-electron chi connectivity index (χ3n) is 1.74. The van der Waals surface area contributed by atoms with Gasteiger partial charge in [-0.1, -0.05) is 23.7 Å². The monoisotopic (exact) mass is 203 g/mol. The zero-order valence-corrected chi connectivity index (χ0v) is 8.16. The normalized spacial score (nSPS) is 9.79. The van der Waals surface area contributed by atoms with Gasteiger partial charge in [-0.05, 0) is 42.5 Å². The van der Waals surface area contributed by atoms with E-state index in [0.29, 0.717) is 5.02 Å². The maximum atomic E-state index is 5.75. The molecule has 0 heterocycles. The second-order valence-corrected chi connectivity index (χ2v) is 3.23. The topological polar surface area (TPSA) is 9.23 Å². The van der Waals surface area contributed by atoms with Gasteiger partial charge in [0.25, 0.3) is 0 Å². The van der Waals surface area contributed by atoms with Crippen LogP contribution >= 0.6 is 11.6 Å². The average Bonchev–Trinajstić information content (AvgIpc) is 2.23. The lowest BCUT2D eigenvalue weighted by atomic mass is 10.3. The largest absolute Gasteiger partial charge is 0.457 e. The molecular formula is C12H8ClO. The second-order valence-electron chi connectivity index (χ2n) is 2.79. The molecule has 0 aromatic heterocycles. The molecule has 0 atom stereocenters. The Labute approximate surface area is 87.9 Å². The molecule has 14 heavy (non-hydrogen) atoms. The van der Waals surface area contributed by atoms with Crippen molar-refractivity contribution < 1.29 is 4.74 Å². The van der Waals surface area contributed by atoms with Crippen molar-refractivity contribution in [2.75, 3.05) is 0 Å². The molecule has 1 radical (unpaired) electrons. The van der Waals surface area contributed by atoms with Crippen LogP contribution in [0.4, 0.5) is 0 Å². The van der Waals surface area contributed by atoms with Gasteiger partial charge in [0, 0.05) is 5.02 Å². The first kappa shape index (κ1) is 9.10. The molecule has 0 aliphatic heterocycles. The third-order valence-corrected chi connectivity index (χ3v) is 1.99. The van der Waals surface area contributed by atoms with Crippen LogP contribution in [0.5, 0.6) is 11.5 Å². The highest BCUT2D eigenvalue weighted by molar-refractivity contribution is 6.30. The Morgan fingerprint density at radius 1 is 0.857 bits per heavy atom. The highest BCUT2D eigenvalue weighted by Crippen LogP contribution is 2.22. The fourth-order valence-electron chi connectivity index (χ4n) is 1.08. The first-order chi connectivity index (χ1) is 6.84. The van der Waals surface area contributed by atoms with Gasteiger partial charge in [-0.2, -0.15) is 0 Å². The summed E-state index contributed by atoms with van der Waals surface area (Å²) in [5, 5.41) is 0.707. The van der Waals surface area contributed by atoms with Gasteiger partial charge in [0.05, 0.1) is 0 Å². The van der Waals surface area contributed by atoms with Gasteiger partial charge < -0.3 is 4.74 Å². The summed E-state index contributed by atoms with van der Waals surface area (Å²) < 4.78 is 5.55. The Morgan fingerprint density at radius 2 is 1.43 bits per heavy atom. The summed E-state index contributed by atoms with van der Waals surface area (Å²) in [6.07, 6.45) is 0. The lowest BCUT2D eigenvalue weighted by Crippen LogP contribution is -1.82. The van der Waals surface area contributed by atoms with Gasteiger partial charge in [-0.25, -0.2) is 0 Å². The van der Waals surface area contributed by atoms with Gasteiger partial charge in [0.2, 0.25) is 0 Å². The number of rotatable bonds is 2. The van der Waals surface area contributed by atoms with E-state index in [-0.39, 0.29) is 0 Å². The summed E-state index contributed by atoms with van der Waals surface area (Å²) in [6, 6.07) is 17.5. The van der Waals surface area contributed by atoms with E-state index in [2.05, 4.69) is 6.07 Å². The van der Waals surface area contributed by atoms with E-state index < -0.39 is 0 Å². The summed E-state index contributed by atoms with van der Waals surface area (Å²) >= 11 is 5.75. The molecule has 0 aliphatic rings. The number of hydrogen-bond donors (Lipinski definition) is 0. The minimum absolute atomic E-state index is 0.707. The average molecular weight is 204 g/mol. The summed E-state index contributed by atoms with van der Waals surface area (Å²) in [6.45, 7) is 0. The second kappa shape index (κ2) is 4.16. The van der Waals surface area contributed by atoms with E-state index in [1.54, 1.807) is 12.1 Å². The minimum Gasteiger partial charge on any atom is -0.457 e. The quantitative estimate of drug-likeness (QED) is 0.719. The third kappa shape index (κ3) is 2.27.